The van der Waals surface area contributed by atoms with E-state index in [0.29, 0.717) is 0 Å². The predicted molar refractivity (Wildman–Crippen MR) is 75.4 cm³/mol. The van der Waals surface area contributed by atoms with Crippen molar-refractivity contribution in [3.63, 3.8) is 0 Å². The van der Waals surface area contributed by atoms with Gasteiger partial charge in [0.2, 0.25) is 0 Å². The molecule has 2 aromatic rings. The van der Waals surface area contributed by atoms with Gasteiger partial charge in [-0.3, -0.25) is 4.68 Å². The van der Waals surface area contributed by atoms with Crippen LogP contribution in [-0.2, 0) is 6.54 Å². The summed E-state index contributed by atoms with van der Waals surface area (Å²) >= 11 is 0. The standard InChI is InChI=1S/C15H18N4/c1-15(12-16,17-2)8-9-19-11-14(10-18-19)13-6-4-3-5-7-13/h3-7,10-11,17H,8-9H2,1-2H3. The molecule has 0 radical (unpaired) electrons. The summed E-state index contributed by atoms with van der Waals surface area (Å²) < 4.78 is 1.88. The Bertz CT molecular complexity index is 567. The number of nitrogens with zero attached hydrogens (tertiary/aromatic N) is 3. The van der Waals surface area contributed by atoms with Crippen LogP contribution in [0, 0.1) is 11.3 Å². The lowest BCUT2D eigenvalue weighted by atomic mass is 10.0. The number of rotatable bonds is 5. The molecule has 1 N–H and O–H groups in total. The van der Waals surface area contributed by atoms with Gasteiger partial charge in [0.1, 0.15) is 5.54 Å². The fraction of sp³-hybridized carbons (Fsp3) is 0.333. The first-order valence-electron chi connectivity index (χ1n) is 6.35. The summed E-state index contributed by atoms with van der Waals surface area (Å²) in [4.78, 5) is 0. The third-order valence-corrected chi connectivity index (χ3v) is 3.38. The Morgan fingerprint density at radius 1 is 1.32 bits per heavy atom. The minimum atomic E-state index is -0.501. The molecule has 0 saturated carbocycles. The Balaban J connectivity index is 2.05. The molecule has 1 unspecified atom stereocenters. The predicted octanol–water partition coefficient (Wildman–Crippen LogP) is 2.44. The molecule has 0 saturated heterocycles. The summed E-state index contributed by atoms with van der Waals surface area (Å²) in [5.74, 6) is 0. The van der Waals surface area contributed by atoms with Gasteiger partial charge in [0.05, 0.1) is 12.3 Å². The summed E-state index contributed by atoms with van der Waals surface area (Å²) in [6, 6.07) is 12.4. The van der Waals surface area contributed by atoms with Crippen LogP contribution in [0.5, 0.6) is 0 Å². The highest BCUT2D eigenvalue weighted by molar-refractivity contribution is 5.61. The molecule has 0 spiro atoms. The molecule has 1 atom stereocenters. The maximum absolute atomic E-state index is 9.10. The summed E-state index contributed by atoms with van der Waals surface area (Å²) in [6.45, 7) is 2.62. The van der Waals surface area contributed by atoms with E-state index in [4.69, 9.17) is 5.26 Å². The summed E-state index contributed by atoms with van der Waals surface area (Å²) in [6.07, 6.45) is 4.59. The SMILES string of the molecule is CNC(C)(C#N)CCn1cc(-c2ccccc2)cn1. The van der Waals surface area contributed by atoms with Gasteiger partial charge in [-0.15, -0.1) is 0 Å². The van der Waals surface area contributed by atoms with Gasteiger partial charge in [-0.1, -0.05) is 30.3 Å². The fourth-order valence-electron chi connectivity index (χ4n) is 1.84. The lowest BCUT2D eigenvalue weighted by Gasteiger charge is -2.20. The van der Waals surface area contributed by atoms with Gasteiger partial charge in [0.15, 0.2) is 0 Å². The number of nitrogens with one attached hydrogen (secondary N) is 1. The van der Waals surface area contributed by atoms with E-state index >= 15 is 0 Å². The first-order chi connectivity index (χ1) is 9.17. The Kier molecular flexibility index (Phi) is 3.98. The van der Waals surface area contributed by atoms with Crippen molar-refractivity contribution in [2.45, 2.75) is 25.4 Å². The first kappa shape index (κ1) is 13.3. The van der Waals surface area contributed by atoms with E-state index < -0.39 is 5.54 Å². The van der Waals surface area contributed by atoms with Crippen molar-refractivity contribution in [1.82, 2.24) is 15.1 Å². The molecule has 1 aromatic carbocycles. The molecule has 0 amide bonds. The average molecular weight is 254 g/mol. The molecule has 1 heterocycles. The second kappa shape index (κ2) is 5.68. The van der Waals surface area contributed by atoms with Crippen molar-refractivity contribution in [3.8, 4) is 17.2 Å². The van der Waals surface area contributed by atoms with Crippen molar-refractivity contribution in [3.05, 3.63) is 42.7 Å². The summed E-state index contributed by atoms with van der Waals surface area (Å²) in [5, 5.41) is 16.5. The molecule has 0 fully saturated rings. The smallest absolute Gasteiger partial charge is 0.105 e. The van der Waals surface area contributed by atoms with E-state index in [1.807, 2.05) is 49.2 Å². The van der Waals surface area contributed by atoms with Crippen LogP contribution >= 0.6 is 0 Å². The Morgan fingerprint density at radius 2 is 2.05 bits per heavy atom. The zero-order valence-corrected chi connectivity index (χ0v) is 11.3. The zero-order valence-electron chi connectivity index (χ0n) is 11.3. The van der Waals surface area contributed by atoms with E-state index in [1.165, 1.54) is 0 Å². The van der Waals surface area contributed by atoms with Crippen LogP contribution in [0.25, 0.3) is 11.1 Å². The van der Waals surface area contributed by atoms with Crippen molar-refractivity contribution in [1.29, 1.82) is 5.26 Å². The Morgan fingerprint density at radius 3 is 2.68 bits per heavy atom. The number of hydrogen-bond acceptors (Lipinski definition) is 3. The topological polar surface area (TPSA) is 53.6 Å². The number of benzene rings is 1. The van der Waals surface area contributed by atoms with E-state index in [1.54, 1.807) is 0 Å². The molecule has 0 aliphatic rings. The van der Waals surface area contributed by atoms with Crippen molar-refractivity contribution >= 4 is 0 Å². The third kappa shape index (κ3) is 3.21. The minimum Gasteiger partial charge on any atom is -0.303 e. The zero-order chi connectivity index (χ0) is 13.7. The van der Waals surface area contributed by atoms with E-state index in [2.05, 4.69) is 28.6 Å². The minimum absolute atomic E-state index is 0.501. The quantitative estimate of drug-likeness (QED) is 0.891. The van der Waals surface area contributed by atoms with Gasteiger partial charge < -0.3 is 5.32 Å². The Hall–Kier alpha value is -2.12. The highest BCUT2D eigenvalue weighted by atomic mass is 15.3. The van der Waals surface area contributed by atoms with E-state index in [-0.39, 0.29) is 0 Å². The molecule has 98 valence electrons. The van der Waals surface area contributed by atoms with Crippen molar-refractivity contribution in [2.24, 2.45) is 0 Å². The maximum atomic E-state index is 9.10. The van der Waals surface area contributed by atoms with Crippen LogP contribution in [0.15, 0.2) is 42.7 Å². The molecule has 4 heteroatoms. The lowest BCUT2D eigenvalue weighted by molar-refractivity contribution is 0.408. The Labute approximate surface area is 113 Å². The average Bonchev–Trinajstić information content (AvgIpc) is 2.95. The normalized spacial score (nSPS) is 13.7. The summed E-state index contributed by atoms with van der Waals surface area (Å²) in [5.41, 5.74) is 1.76. The van der Waals surface area contributed by atoms with Gasteiger partial charge in [-0.05, 0) is 26.0 Å². The van der Waals surface area contributed by atoms with Crippen LogP contribution in [-0.4, -0.2) is 22.4 Å². The van der Waals surface area contributed by atoms with Crippen LogP contribution in [0.3, 0.4) is 0 Å². The van der Waals surface area contributed by atoms with Gasteiger partial charge in [-0.25, -0.2) is 0 Å². The maximum Gasteiger partial charge on any atom is 0.105 e. The third-order valence-electron chi connectivity index (χ3n) is 3.38. The molecule has 1 aromatic heterocycles. The molecule has 2 rings (SSSR count). The lowest BCUT2D eigenvalue weighted by Crippen LogP contribution is -2.39. The molecule has 0 aliphatic carbocycles. The van der Waals surface area contributed by atoms with Crippen molar-refractivity contribution < 1.29 is 0 Å². The highest BCUT2D eigenvalue weighted by Crippen LogP contribution is 2.18. The summed E-state index contributed by atoms with van der Waals surface area (Å²) in [7, 11) is 1.81. The van der Waals surface area contributed by atoms with Crippen LogP contribution < -0.4 is 5.32 Å². The molecular formula is C15H18N4. The van der Waals surface area contributed by atoms with E-state index in [0.717, 1.165) is 24.1 Å². The second-order valence-corrected chi connectivity index (χ2v) is 4.80. The van der Waals surface area contributed by atoms with Gasteiger partial charge in [0.25, 0.3) is 0 Å². The van der Waals surface area contributed by atoms with Crippen LogP contribution in [0.1, 0.15) is 13.3 Å². The largest absolute Gasteiger partial charge is 0.303 e. The number of hydrogen-bond donors (Lipinski definition) is 1. The fourth-order valence-corrected chi connectivity index (χ4v) is 1.84. The number of nitriles is 1. The molecule has 19 heavy (non-hydrogen) atoms. The monoisotopic (exact) mass is 254 g/mol. The van der Waals surface area contributed by atoms with Gasteiger partial charge in [0, 0.05) is 18.3 Å². The van der Waals surface area contributed by atoms with E-state index in [9.17, 15) is 0 Å². The first-order valence-corrected chi connectivity index (χ1v) is 6.35. The molecule has 0 aliphatic heterocycles. The molecule has 4 nitrogen and oxygen atoms in total. The molecule has 0 bridgehead atoms. The van der Waals surface area contributed by atoms with Crippen LogP contribution in [0.2, 0.25) is 0 Å². The second-order valence-electron chi connectivity index (χ2n) is 4.80. The highest BCUT2D eigenvalue weighted by Gasteiger charge is 2.20. The van der Waals surface area contributed by atoms with Crippen molar-refractivity contribution in [2.75, 3.05) is 7.05 Å². The number of aromatic nitrogens is 2. The van der Waals surface area contributed by atoms with Crippen LogP contribution in [0.4, 0.5) is 0 Å². The number of aryl methyl sites for hydroxylation is 1. The molecular weight excluding hydrogens is 236 g/mol. The van der Waals surface area contributed by atoms with Gasteiger partial charge in [-0.2, -0.15) is 10.4 Å². The van der Waals surface area contributed by atoms with Gasteiger partial charge >= 0.3 is 0 Å².